The van der Waals surface area contributed by atoms with E-state index in [0.29, 0.717) is 16.5 Å². The molecule has 8 heteroatoms. The van der Waals surface area contributed by atoms with E-state index in [1.807, 2.05) is 6.07 Å². The van der Waals surface area contributed by atoms with E-state index in [1.54, 1.807) is 45.0 Å². The van der Waals surface area contributed by atoms with Crippen molar-refractivity contribution in [2.75, 3.05) is 0 Å². The van der Waals surface area contributed by atoms with Crippen LogP contribution in [0.5, 0.6) is 0 Å². The third kappa shape index (κ3) is 4.15. The van der Waals surface area contributed by atoms with E-state index < -0.39 is 29.1 Å². The van der Waals surface area contributed by atoms with Gasteiger partial charge in [0.25, 0.3) is 5.91 Å². The van der Waals surface area contributed by atoms with Crippen LogP contribution in [-0.4, -0.2) is 27.6 Å². The molecule has 0 spiro atoms. The Kier molecular flexibility index (Phi) is 5.56. The zero-order valence-corrected chi connectivity index (χ0v) is 16.9. The number of nitrogens with one attached hydrogen (secondary N) is 1. The first kappa shape index (κ1) is 21.0. The number of carbonyl (C=O) groups is 2. The number of nitriles is 1. The molecule has 1 atom stereocenters. The molecule has 7 nitrogen and oxygen atoms in total. The lowest BCUT2D eigenvalue weighted by Gasteiger charge is -2.28. The maximum Gasteiger partial charge on any atom is 0.273 e. The van der Waals surface area contributed by atoms with Crippen LogP contribution in [0, 0.1) is 22.6 Å². The van der Waals surface area contributed by atoms with Crippen LogP contribution in [0.1, 0.15) is 42.4 Å². The molecule has 0 aliphatic carbocycles. The maximum atomic E-state index is 14.4. The Morgan fingerprint density at radius 3 is 2.57 bits per heavy atom. The summed E-state index contributed by atoms with van der Waals surface area (Å²) in [6, 6.07) is 12.3. The fraction of sp³-hybridized carbons (Fsp3) is 0.273. The van der Waals surface area contributed by atoms with Gasteiger partial charge in [-0.05, 0) is 23.6 Å². The second-order valence-electron chi connectivity index (χ2n) is 8.12. The van der Waals surface area contributed by atoms with Crippen LogP contribution in [0.2, 0.25) is 0 Å². The third-order valence-electron chi connectivity index (χ3n) is 4.80. The third-order valence-corrected chi connectivity index (χ3v) is 4.80. The van der Waals surface area contributed by atoms with Gasteiger partial charge in [-0.15, -0.1) is 0 Å². The molecule has 2 amide bonds. The summed E-state index contributed by atoms with van der Waals surface area (Å²) >= 11 is 0. The number of halogens is 1. The van der Waals surface area contributed by atoms with Crippen molar-refractivity contribution < 1.29 is 14.0 Å². The summed E-state index contributed by atoms with van der Waals surface area (Å²) in [7, 11) is 0. The van der Waals surface area contributed by atoms with Gasteiger partial charge in [0, 0.05) is 10.9 Å². The topological polar surface area (TPSA) is 114 Å². The number of rotatable bonds is 5. The van der Waals surface area contributed by atoms with Gasteiger partial charge in [0.05, 0.1) is 23.7 Å². The van der Waals surface area contributed by atoms with Crippen LogP contribution in [0.15, 0.2) is 42.5 Å². The molecule has 0 aliphatic heterocycles. The normalized spacial score (nSPS) is 12.4. The molecule has 0 radical (unpaired) electrons. The van der Waals surface area contributed by atoms with Crippen molar-refractivity contribution in [3.63, 3.8) is 0 Å². The lowest BCUT2D eigenvalue weighted by molar-refractivity contribution is -0.122. The smallest absolute Gasteiger partial charge is 0.273 e. The average molecular weight is 407 g/mol. The molecule has 30 heavy (non-hydrogen) atoms. The van der Waals surface area contributed by atoms with Crippen LogP contribution in [0.25, 0.3) is 10.9 Å². The van der Waals surface area contributed by atoms with Crippen LogP contribution in [0.3, 0.4) is 0 Å². The highest BCUT2D eigenvalue weighted by atomic mass is 19.1. The molecule has 0 aliphatic rings. The molecule has 0 fully saturated rings. The quantitative estimate of drug-likeness (QED) is 0.677. The fourth-order valence-corrected chi connectivity index (χ4v) is 3.24. The number of carbonyl (C=O) groups excluding carboxylic acids is 2. The highest BCUT2D eigenvalue weighted by Crippen LogP contribution is 2.23. The number of hydrogen-bond donors (Lipinski definition) is 2. The Morgan fingerprint density at radius 1 is 1.27 bits per heavy atom. The summed E-state index contributed by atoms with van der Waals surface area (Å²) in [5, 5.41) is 16.5. The molecule has 3 aromatic rings. The van der Waals surface area contributed by atoms with Crippen molar-refractivity contribution in [2.24, 2.45) is 11.1 Å². The number of benzene rings is 2. The molecule has 2 aromatic carbocycles. The average Bonchev–Trinajstić information content (AvgIpc) is 3.05. The number of primary amides is 1. The van der Waals surface area contributed by atoms with Gasteiger partial charge >= 0.3 is 0 Å². The molecule has 3 rings (SSSR count). The molecular formula is C22H22FN5O2. The minimum Gasteiger partial charge on any atom is -0.368 e. The van der Waals surface area contributed by atoms with Gasteiger partial charge in [-0.2, -0.15) is 10.4 Å². The standard InChI is InChI=1S/C22H22FN5O2/c1-22(2,3)19(20(25)29)26-21(30)18-15-6-4-5-7-17(15)28(27-18)12-14-9-8-13(11-24)10-16(14)23/h4-10,19H,12H2,1-3H3,(H2,25,29)(H,26,30)/t19-/m1/s1. The molecule has 0 bridgehead atoms. The molecule has 0 saturated heterocycles. The van der Waals surface area contributed by atoms with Gasteiger partial charge in [0.2, 0.25) is 5.91 Å². The summed E-state index contributed by atoms with van der Waals surface area (Å²) in [5.74, 6) is -1.70. The molecule has 0 unspecified atom stereocenters. The van der Waals surface area contributed by atoms with Gasteiger partial charge in [0.1, 0.15) is 11.9 Å². The second-order valence-corrected chi connectivity index (χ2v) is 8.12. The van der Waals surface area contributed by atoms with Crippen molar-refractivity contribution in [3.05, 3.63) is 65.1 Å². The van der Waals surface area contributed by atoms with E-state index >= 15 is 0 Å². The summed E-state index contributed by atoms with van der Waals surface area (Å²) in [6.45, 7) is 5.47. The van der Waals surface area contributed by atoms with Gasteiger partial charge in [-0.25, -0.2) is 4.39 Å². The molecule has 3 N–H and O–H groups in total. The summed E-state index contributed by atoms with van der Waals surface area (Å²) < 4.78 is 15.9. The molecular weight excluding hydrogens is 385 g/mol. The molecule has 1 heterocycles. The number of para-hydroxylation sites is 1. The minimum atomic E-state index is -0.884. The zero-order valence-electron chi connectivity index (χ0n) is 16.9. The highest BCUT2D eigenvalue weighted by Gasteiger charge is 2.32. The van der Waals surface area contributed by atoms with Crippen LogP contribution >= 0.6 is 0 Å². The SMILES string of the molecule is CC(C)(C)[C@H](NC(=O)c1nn(Cc2ccc(C#N)cc2F)c2ccccc12)C(N)=O. The summed E-state index contributed by atoms with van der Waals surface area (Å²) in [5.41, 5.74) is 6.20. The molecule has 1 aromatic heterocycles. The fourth-order valence-electron chi connectivity index (χ4n) is 3.24. The molecule has 154 valence electrons. The predicted molar refractivity (Wildman–Crippen MR) is 110 cm³/mol. The number of fused-ring (bicyclic) bond motifs is 1. The number of nitrogens with zero attached hydrogens (tertiary/aromatic N) is 3. The first-order chi connectivity index (χ1) is 14.1. The van der Waals surface area contributed by atoms with Crippen LogP contribution in [-0.2, 0) is 11.3 Å². The Morgan fingerprint density at radius 2 is 1.97 bits per heavy atom. The number of aromatic nitrogens is 2. The summed E-state index contributed by atoms with van der Waals surface area (Å²) in [6.07, 6.45) is 0. The van der Waals surface area contributed by atoms with Crippen molar-refractivity contribution in [1.82, 2.24) is 15.1 Å². The van der Waals surface area contributed by atoms with Crippen molar-refractivity contribution in [2.45, 2.75) is 33.4 Å². The van der Waals surface area contributed by atoms with Gasteiger partial charge < -0.3 is 11.1 Å². The van der Waals surface area contributed by atoms with Crippen LogP contribution in [0.4, 0.5) is 4.39 Å². The minimum absolute atomic E-state index is 0.0733. The number of amides is 2. The monoisotopic (exact) mass is 407 g/mol. The maximum absolute atomic E-state index is 14.4. The van der Waals surface area contributed by atoms with E-state index in [2.05, 4.69) is 10.4 Å². The van der Waals surface area contributed by atoms with Gasteiger partial charge in [-0.3, -0.25) is 14.3 Å². The predicted octanol–water partition coefficient (Wildman–Crippen LogP) is 2.73. The van der Waals surface area contributed by atoms with E-state index in [4.69, 9.17) is 11.0 Å². The van der Waals surface area contributed by atoms with E-state index in [1.165, 1.54) is 16.8 Å². The Bertz CT molecular complexity index is 1170. The molecule has 0 saturated carbocycles. The highest BCUT2D eigenvalue weighted by molar-refractivity contribution is 6.06. The van der Waals surface area contributed by atoms with Crippen molar-refractivity contribution in [3.8, 4) is 6.07 Å². The second kappa shape index (κ2) is 7.95. The van der Waals surface area contributed by atoms with E-state index in [-0.39, 0.29) is 17.8 Å². The lowest BCUT2D eigenvalue weighted by Crippen LogP contribution is -2.52. The largest absolute Gasteiger partial charge is 0.368 e. The Balaban J connectivity index is 1.99. The van der Waals surface area contributed by atoms with Crippen molar-refractivity contribution in [1.29, 1.82) is 5.26 Å². The number of hydrogen-bond acceptors (Lipinski definition) is 4. The van der Waals surface area contributed by atoms with E-state index in [9.17, 15) is 14.0 Å². The van der Waals surface area contributed by atoms with E-state index in [0.717, 1.165) is 6.07 Å². The first-order valence-corrected chi connectivity index (χ1v) is 9.36. The van der Waals surface area contributed by atoms with Gasteiger partial charge in [-0.1, -0.05) is 45.0 Å². The van der Waals surface area contributed by atoms with Crippen LogP contribution < -0.4 is 11.1 Å². The summed E-state index contributed by atoms with van der Waals surface area (Å²) in [4.78, 5) is 24.8. The Hall–Kier alpha value is -3.73. The first-order valence-electron chi connectivity index (χ1n) is 9.36. The van der Waals surface area contributed by atoms with Gasteiger partial charge in [0.15, 0.2) is 5.69 Å². The zero-order chi connectivity index (χ0) is 22.1. The number of nitrogens with two attached hydrogens (primary N) is 1. The lowest BCUT2D eigenvalue weighted by atomic mass is 9.86. The van der Waals surface area contributed by atoms with Crippen molar-refractivity contribution >= 4 is 22.7 Å². The Labute approximate surface area is 173 Å².